The fourth-order valence-electron chi connectivity index (χ4n) is 8.47. The van der Waals surface area contributed by atoms with E-state index in [2.05, 4.69) is 217 Å². The van der Waals surface area contributed by atoms with Gasteiger partial charge in [-0.2, -0.15) is 0 Å². The lowest BCUT2D eigenvalue weighted by molar-refractivity contribution is 0.632. The van der Waals surface area contributed by atoms with E-state index in [1.165, 1.54) is 43.4 Å². The maximum atomic E-state index is 6.45. The van der Waals surface area contributed by atoms with Gasteiger partial charge < -0.3 is 9.32 Å². The van der Waals surface area contributed by atoms with Gasteiger partial charge in [-0.15, -0.1) is 0 Å². The summed E-state index contributed by atoms with van der Waals surface area (Å²) in [5.74, 6) is 0.863. The van der Waals surface area contributed by atoms with Gasteiger partial charge in [0.05, 0.1) is 0 Å². The molecule has 272 valence electrons. The van der Waals surface area contributed by atoms with E-state index in [9.17, 15) is 0 Å². The van der Waals surface area contributed by atoms with Crippen LogP contribution in [0.2, 0.25) is 0 Å². The van der Waals surface area contributed by atoms with E-state index < -0.39 is 0 Å². The minimum Gasteiger partial charge on any atom is -0.456 e. The molecule has 1 aromatic heterocycles. The normalized spacial score (nSPS) is 11.4. The zero-order valence-electron chi connectivity index (χ0n) is 31.7. The SMILES string of the molecule is c1ccc(-c2ccc(-c3ccc(N(c4ccc(-c5ccc6c(ccc7ccccc76)c5)cc4)c4ccc5ccccc5c4)cc3)cc2-c2cc3ccccc3o2)cc1. The molecule has 0 bridgehead atoms. The van der Waals surface area contributed by atoms with Crippen LogP contribution in [-0.2, 0) is 0 Å². The summed E-state index contributed by atoms with van der Waals surface area (Å²) >= 11 is 0. The summed E-state index contributed by atoms with van der Waals surface area (Å²) in [6.07, 6.45) is 0. The topological polar surface area (TPSA) is 16.4 Å². The molecule has 0 saturated heterocycles. The summed E-state index contributed by atoms with van der Waals surface area (Å²) in [6.45, 7) is 0. The van der Waals surface area contributed by atoms with Gasteiger partial charge >= 0.3 is 0 Å². The van der Waals surface area contributed by atoms with E-state index in [-0.39, 0.29) is 0 Å². The van der Waals surface area contributed by atoms with Crippen LogP contribution >= 0.6 is 0 Å². The molecular weight excluding hydrogens is 703 g/mol. The van der Waals surface area contributed by atoms with Crippen molar-refractivity contribution in [2.75, 3.05) is 4.90 Å². The van der Waals surface area contributed by atoms with Gasteiger partial charge in [0.2, 0.25) is 0 Å². The first-order chi connectivity index (χ1) is 28.7. The number of rotatable bonds is 7. The summed E-state index contributed by atoms with van der Waals surface area (Å²) in [6, 6.07) is 80.7. The molecule has 10 aromatic carbocycles. The number of anilines is 3. The largest absolute Gasteiger partial charge is 0.456 e. The highest BCUT2D eigenvalue weighted by Gasteiger charge is 2.17. The second-order valence-electron chi connectivity index (χ2n) is 15.0. The second kappa shape index (κ2) is 14.1. The maximum Gasteiger partial charge on any atom is 0.136 e. The van der Waals surface area contributed by atoms with Crippen molar-refractivity contribution in [3.8, 4) is 44.7 Å². The molecule has 0 N–H and O–H groups in total. The number of furan rings is 1. The van der Waals surface area contributed by atoms with Crippen LogP contribution < -0.4 is 4.90 Å². The molecule has 0 unspecified atom stereocenters. The molecule has 0 amide bonds. The van der Waals surface area contributed by atoms with Crippen molar-refractivity contribution < 1.29 is 4.42 Å². The van der Waals surface area contributed by atoms with Crippen LogP contribution in [0.4, 0.5) is 17.1 Å². The zero-order chi connectivity index (χ0) is 38.4. The summed E-state index contributed by atoms with van der Waals surface area (Å²) < 4.78 is 6.45. The van der Waals surface area contributed by atoms with Gasteiger partial charge in [0.1, 0.15) is 11.3 Å². The van der Waals surface area contributed by atoms with Crippen LogP contribution in [0.3, 0.4) is 0 Å². The van der Waals surface area contributed by atoms with E-state index in [0.29, 0.717) is 0 Å². The fourth-order valence-corrected chi connectivity index (χ4v) is 8.47. The van der Waals surface area contributed by atoms with Crippen molar-refractivity contribution in [2.45, 2.75) is 0 Å². The Hall–Kier alpha value is -7.68. The number of para-hydroxylation sites is 1. The Morgan fingerprint density at radius 1 is 0.276 bits per heavy atom. The third kappa shape index (κ3) is 6.09. The predicted molar refractivity (Wildman–Crippen MR) is 245 cm³/mol. The molecule has 0 aliphatic carbocycles. The van der Waals surface area contributed by atoms with Crippen LogP contribution in [0.15, 0.2) is 229 Å². The van der Waals surface area contributed by atoms with Crippen molar-refractivity contribution in [1.82, 2.24) is 0 Å². The number of fused-ring (bicyclic) bond motifs is 5. The smallest absolute Gasteiger partial charge is 0.136 e. The van der Waals surface area contributed by atoms with E-state index in [1.807, 2.05) is 12.1 Å². The molecule has 0 aliphatic rings. The first-order valence-electron chi connectivity index (χ1n) is 19.8. The van der Waals surface area contributed by atoms with Gasteiger partial charge in [0.15, 0.2) is 0 Å². The molecule has 0 saturated carbocycles. The van der Waals surface area contributed by atoms with Gasteiger partial charge in [0, 0.05) is 28.0 Å². The maximum absolute atomic E-state index is 6.45. The Balaban J connectivity index is 0.973. The minimum absolute atomic E-state index is 0.863. The van der Waals surface area contributed by atoms with E-state index in [0.717, 1.165) is 61.6 Å². The van der Waals surface area contributed by atoms with Crippen molar-refractivity contribution in [3.05, 3.63) is 224 Å². The van der Waals surface area contributed by atoms with Crippen LogP contribution in [0.5, 0.6) is 0 Å². The quantitative estimate of drug-likeness (QED) is 0.151. The van der Waals surface area contributed by atoms with Crippen molar-refractivity contribution in [2.24, 2.45) is 0 Å². The molecule has 0 aliphatic heterocycles. The highest BCUT2D eigenvalue weighted by atomic mass is 16.3. The first kappa shape index (κ1) is 33.6. The third-order valence-electron chi connectivity index (χ3n) is 11.4. The molecule has 1 heterocycles. The number of benzene rings is 10. The van der Waals surface area contributed by atoms with Gasteiger partial charge in [-0.1, -0.05) is 164 Å². The molecule has 11 aromatic rings. The van der Waals surface area contributed by atoms with Gasteiger partial charge in [-0.25, -0.2) is 0 Å². The van der Waals surface area contributed by atoms with E-state index in [4.69, 9.17) is 4.42 Å². The van der Waals surface area contributed by atoms with Crippen LogP contribution in [0.1, 0.15) is 0 Å². The average molecular weight is 740 g/mol. The minimum atomic E-state index is 0.863. The number of nitrogens with zero attached hydrogens (tertiary/aromatic N) is 1. The van der Waals surface area contributed by atoms with Gasteiger partial charge in [-0.3, -0.25) is 0 Å². The lowest BCUT2D eigenvalue weighted by Gasteiger charge is -2.26. The highest BCUT2D eigenvalue weighted by molar-refractivity contribution is 6.08. The number of hydrogen-bond acceptors (Lipinski definition) is 2. The Morgan fingerprint density at radius 3 is 1.59 bits per heavy atom. The van der Waals surface area contributed by atoms with E-state index >= 15 is 0 Å². The van der Waals surface area contributed by atoms with E-state index in [1.54, 1.807) is 0 Å². The molecule has 11 rings (SSSR count). The lowest BCUT2D eigenvalue weighted by atomic mass is 9.93. The standard InChI is InChI=1S/C56H37NO/c1-2-11-41(12-3-1)52-32-26-45(36-54(52)56-37-47-15-7-9-17-55(47)58-56)40-22-29-49(30-23-40)57(50-31-24-38-10-4-5-14-43(38)35-50)48-27-20-39(21-28-48)44-25-33-53-46(34-44)19-18-42-13-6-8-16-51(42)53/h1-37H. The average Bonchev–Trinajstić information content (AvgIpc) is 3.74. The second-order valence-corrected chi connectivity index (χ2v) is 15.0. The Labute approximate surface area is 337 Å². The highest BCUT2D eigenvalue weighted by Crippen LogP contribution is 2.41. The summed E-state index contributed by atoms with van der Waals surface area (Å²) in [4.78, 5) is 2.35. The summed E-state index contributed by atoms with van der Waals surface area (Å²) in [5.41, 5.74) is 12.2. The molecule has 58 heavy (non-hydrogen) atoms. The Morgan fingerprint density at radius 2 is 0.828 bits per heavy atom. The Bertz CT molecular complexity index is 3240. The monoisotopic (exact) mass is 739 g/mol. The molecule has 2 heteroatoms. The zero-order valence-corrected chi connectivity index (χ0v) is 31.7. The summed E-state index contributed by atoms with van der Waals surface area (Å²) in [7, 11) is 0. The molecule has 0 fully saturated rings. The third-order valence-corrected chi connectivity index (χ3v) is 11.4. The predicted octanol–water partition coefficient (Wildman–Crippen LogP) is 16.0. The lowest BCUT2D eigenvalue weighted by Crippen LogP contribution is -2.09. The van der Waals surface area contributed by atoms with Crippen LogP contribution in [0, 0.1) is 0 Å². The van der Waals surface area contributed by atoms with Crippen LogP contribution in [-0.4, -0.2) is 0 Å². The first-order valence-corrected chi connectivity index (χ1v) is 19.8. The summed E-state index contributed by atoms with van der Waals surface area (Å²) in [5, 5.41) is 8.61. The molecular formula is C56H37NO. The molecule has 0 radical (unpaired) electrons. The van der Waals surface area contributed by atoms with Crippen molar-refractivity contribution >= 4 is 60.3 Å². The fraction of sp³-hybridized carbons (Fsp3) is 0. The molecule has 2 nitrogen and oxygen atoms in total. The van der Waals surface area contributed by atoms with Crippen LogP contribution in [0.25, 0.3) is 88.0 Å². The van der Waals surface area contributed by atoms with Crippen molar-refractivity contribution in [1.29, 1.82) is 0 Å². The molecule has 0 spiro atoms. The van der Waals surface area contributed by atoms with Crippen molar-refractivity contribution in [3.63, 3.8) is 0 Å². The molecule has 0 atom stereocenters. The van der Waals surface area contributed by atoms with Gasteiger partial charge in [-0.05, 0) is 126 Å². The van der Waals surface area contributed by atoms with Gasteiger partial charge in [0.25, 0.3) is 0 Å². The number of hydrogen-bond donors (Lipinski definition) is 0. The Kier molecular flexibility index (Phi) is 8.19.